The molecule has 0 heterocycles. The Kier molecular flexibility index (Phi) is 3.62. The van der Waals surface area contributed by atoms with Crippen LogP contribution < -0.4 is 0 Å². The summed E-state index contributed by atoms with van der Waals surface area (Å²) >= 11 is 0. The van der Waals surface area contributed by atoms with Crippen LogP contribution in [0.5, 0.6) is 0 Å². The van der Waals surface area contributed by atoms with Gasteiger partial charge in [-0.3, -0.25) is 0 Å². The Bertz CT molecular complexity index is 389. The lowest BCUT2D eigenvalue weighted by molar-refractivity contribution is -0.165. The Balaban J connectivity index is 2.46. The zero-order valence-electron chi connectivity index (χ0n) is 12.6. The van der Waals surface area contributed by atoms with Crippen molar-refractivity contribution in [1.29, 1.82) is 0 Å². The van der Waals surface area contributed by atoms with E-state index in [1.165, 1.54) is 0 Å². The molecular formula is C16H28O3. The van der Waals surface area contributed by atoms with Crippen molar-refractivity contribution in [2.75, 3.05) is 6.61 Å². The second kappa shape index (κ2) is 4.57. The lowest BCUT2D eigenvalue weighted by Crippen LogP contribution is -2.56. The van der Waals surface area contributed by atoms with Gasteiger partial charge in [-0.15, -0.1) is 0 Å². The van der Waals surface area contributed by atoms with E-state index in [2.05, 4.69) is 19.9 Å². The van der Waals surface area contributed by atoms with E-state index in [9.17, 15) is 15.3 Å². The first kappa shape index (κ1) is 15.0. The van der Waals surface area contributed by atoms with Gasteiger partial charge >= 0.3 is 0 Å². The minimum atomic E-state index is -1.04. The molecule has 0 unspecified atom stereocenters. The smallest absolute Gasteiger partial charge is 0.0986 e. The van der Waals surface area contributed by atoms with E-state index >= 15 is 0 Å². The molecule has 19 heavy (non-hydrogen) atoms. The first-order valence-corrected chi connectivity index (χ1v) is 7.40. The summed E-state index contributed by atoms with van der Waals surface area (Å²) < 4.78 is 0. The highest BCUT2D eigenvalue weighted by molar-refractivity contribution is 5.22. The average molecular weight is 268 g/mol. The predicted molar refractivity (Wildman–Crippen MR) is 75.6 cm³/mol. The third kappa shape index (κ3) is 1.82. The van der Waals surface area contributed by atoms with Gasteiger partial charge in [0, 0.05) is 5.41 Å². The van der Waals surface area contributed by atoms with Crippen LogP contribution in [-0.2, 0) is 0 Å². The Morgan fingerprint density at radius 1 is 1.37 bits per heavy atom. The fourth-order valence-corrected chi connectivity index (χ4v) is 4.52. The fraction of sp³-hybridized carbons (Fsp3) is 0.875. The standard InChI is InChI=1S/C16H28O3/c1-11(2)16(19)13(18)9-14(3)7-5-12(10-17)6-8-15(14,16)4/h5,11,13,17-19H,6-10H2,1-4H3/t13-,14-,15+,16-/m0/s1. The Labute approximate surface area is 116 Å². The Hall–Kier alpha value is -0.380. The van der Waals surface area contributed by atoms with E-state index in [0.29, 0.717) is 6.42 Å². The SMILES string of the molecule is CC(C)[C@]1(O)[C@@H](O)C[C@]2(C)CC=C(CO)CC[C@]21C. The minimum absolute atomic E-state index is 0.0185. The molecule has 0 saturated heterocycles. The largest absolute Gasteiger partial charge is 0.392 e. The highest BCUT2D eigenvalue weighted by Crippen LogP contribution is 2.65. The number of allylic oxidation sites excluding steroid dienone is 1. The molecule has 0 spiro atoms. The second-order valence-electron chi connectivity index (χ2n) is 7.32. The Morgan fingerprint density at radius 2 is 2.00 bits per heavy atom. The minimum Gasteiger partial charge on any atom is -0.392 e. The molecule has 0 bridgehead atoms. The van der Waals surface area contributed by atoms with Crippen LogP contribution in [0.2, 0.25) is 0 Å². The summed E-state index contributed by atoms with van der Waals surface area (Å²) in [4.78, 5) is 0. The van der Waals surface area contributed by atoms with Crippen molar-refractivity contribution in [1.82, 2.24) is 0 Å². The molecule has 0 aliphatic heterocycles. The van der Waals surface area contributed by atoms with Crippen LogP contribution >= 0.6 is 0 Å². The maximum absolute atomic E-state index is 11.2. The number of hydrogen-bond acceptors (Lipinski definition) is 3. The first-order valence-electron chi connectivity index (χ1n) is 7.40. The molecular weight excluding hydrogens is 240 g/mol. The molecule has 2 aliphatic carbocycles. The van der Waals surface area contributed by atoms with Gasteiger partial charge in [-0.1, -0.05) is 33.8 Å². The van der Waals surface area contributed by atoms with Crippen LogP contribution in [0.25, 0.3) is 0 Å². The molecule has 0 aromatic carbocycles. The Morgan fingerprint density at radius 3 is 2.53 bits per heavy atom. The maximum atomic E-state index is 11.2. The summed E-state index contributed by atoms with van der Waals surface area (Å²) in [6.45, 7) is 8.39. The lowest BCUT2D eigenvalue weighted by Gasteiger charge is -2.50. The van der Waals surface area contributed by atoms with Gasteiger partial charge in [0.1, 0.15) is 0 Å². The summed E-state index contributed by atoms with van der Waals surface area (Å²) in [5, 5.41) is 31.0. The van der Waals surface area contributed by atoms with E-state index in [-0.39, 0.29) is 23.4 Å². The molecule has 0 amide bonds. The molecule has 1 fully saturated rings. The molecule has 2 rings (SSSR count). The number of aliphatic hydroxyl groups excluding tert-OH is 2. The summed E-state index contributed by atoms with van der Waals surface area (Å²) in [5.74, 6) is 0.0185. The average Bonchev–Trinajstić information content (AvgIpc) is 2.45. The molecule has 4 atom stereocenters. The number of fused-ring (bicyclic) bond motifs is 1. The van der Waals surface area contributed by atoms with Gasteiger partial charge in [0.25, 0.3) is 0 Å². The number of hydrogen-bond donors (Lipinski definition) is 3. The van der Waals surface area contributed by atoms with E-state index in [1.807, 2.05) is 13.8 Å². The van der Waals surface area contributed by atoms with Gasteiger partial charge in [-0.2, -0.15) is 0 Å². The van der Waals surface area contributed by atoms with Crippen molar-refractivity contribution in [3.63, 3.8) is 0 Å². The van der Waals surface area contributed by atoms with Crippen molar-refractivity contribution >= 4 is 0 Å². The van der Waals surface area contributed by atoms with Crippen molar-refractivity contribution in [3.05, 3.63) is 11.6 Å². The predicted octanol–water partition coefficient (Wildman–Crippen LogP) is 2.25. The van der Waals surface area contributed by atoms with E-state index < -0.39 is 11.7 Å². The van der Waals surface area contributed by atoms with E-state index in [0.717, 1.165) is 24.8 Å². The first-order chi connectivity index (χ1) is 8.71. The second-order valence-corrected chi connectivity index (χ2v) is 7.32. The van der Waals surface area contributed by atoms with Crippen molar-refractivity contribution < 1.29 is 15.3 Å². The van der Waals surface area contributed by atoms with Crippen molar-refractivity contribution in [2.24, 2.45) is 16.7 Å². The molecule has 0 aromatic heterocycles. The van der Waals surface area contributed by atoms with Gasteiger partial charge in [0.2, 0.25) is 0 Å². The molecule has 3 N–H and O–H groups in total. The topological polar surface area (TPSA) is 60.7 Å². The van der Waals surface area contributed by atoms with E-state index in [4.69, 9.17) is 0 Å². The van der Waals surface area contributed by atoms with Crippen LogP contribution in [-0.4, -0.2) is 33.6 Å². The summed E-state index contributed by atoms with van der Waals surface area (Å²) in [7, 11) is 0. The molecule has 0 aromatic rings. The fourth-order valence-electron chi connectivity index (χ4n) is 4.52. The number of rotatable bonds is 2. The van der Waals surface area contributed by atoms with Gasteiger partial charge in [0.15, 0.2) is 0 Å². The van der Waals surface area contributed by atoms with Crippen LogP contribution in [0.3, 0.4) is 0 Å². The summed E-state index contributed by atoms with van der Waals surface area (Å²) in [6, 6.07) is 0. The van der Waals surface area contributed by atoms with Gasteiger partial charge in [-0.25, -0.2) is 0 Å². The zero-order valence-corrected chi connectivity index (χ0v) is 12.6. The molecule has 2 aliphatic rings. The molecule has 3 nitrogen and oxygen atoms in total. The van der Waals surface area contributed by atoms with Gasteiger partial charge < -0.3 is 15.3 Å². The van der Waals surface area contributed by atoms with Gasteiger partial charge in [-0.05, 0) is 42.6 Å². The van der Waals surface area contributed by atoms with E-state index in [1.54, 1.807) is 0 Å². The highest BCUT2D eigenvalue weighted by atomic mass is 16.3. The monoisotopic (exact) mass is 268 g/mol. The maximum Gasteiger partial charge on any atom is 0.0986 e. The molecule has 110 valence electrons. The third-order valence-electron chi connectivity index (χ3n) is 6.24. The zero-order chi connectivity index (χ0) is 14.5. The third-order valence-corrected chi connectivity index (χ3v) is 6.24. The van der Waals surface area contributed by atoms with Crippen LogP contribution in [0.1, 0.15) is 53.4 Å². The van der Waals surface area contributed by atoms with Crippen LogP contribution in [0.4, 0.5) is 0 Å². The normalized spacial score (nSPS) is 46.9. The van der Waals surface area contributed by atoms with Crippen molar-refractivity contribution in [2.45, 2.75) is 65.1 Å². The molecule has 3 heteroatoms. The quantitative estimate of drug-likeness (QED) is 0.673. The molecule has 1 saturated carbocycles. The summed E-state index contributed by atoms with van der Waals surface area (Å²) in [6.07, 6.45) is 4.54. The van der Waals surface area contributed by atoms with Gasteiger partial charge in [0.05, 0.1) is 18.3 Å². The van der Waals surface area contributed by atoms with Crippen molar-refractivity contribution in [3.8, 4) is 0 Å². The van der Waals surface area contributed by atoms with Crippen LogP contribution in [0, 0.1) is 16.7 Å². The summed E-state index contributed by atoms with van der Waals surface area (Å²) in [5.41, 5.74) is -0.401. The lowest BCUT2D eigenvalue weighted by atomic mass is 9.57. The highest BCUT2D eigenvalue weighted by Gasteiger charge is 2.67. The molecule has 0 radical (unpaired) electrons. The van der Waals surface area contributed by atoms with Crippen LogP contribution in [0.15, 0.2) is 11.6 Å². The number of aliphatic hydroxyl groups is 3.